The van der Waals surface area contributed by atoms with Crippen LogP contribution in [0, 0.1) is 5.41 Å². The molecule has 0 spiro atoms. The SMILES string of the molecule is CC1(C)CCN(CCNC2CCCCC2)CC1. The number of piperidine rings is 1. The summed E-state index contributed by atoms with van der Waals surface area (Å²) in [6.45, 7) is 9.88. The smallest absolute Gasteiger partial charge is 0.0107 e. The third-order valence-corrected chi connectivity index (χ3v) is 4.68. The number of nitrogens with one attached hydrogen (secondary N) is 1. The van der Waals surface area contributed by atoms with Crippen LogP contribution in [0.5, 0.6) is 0 Å². The van der Waals surface area contributed by atoms with Crippen molar-refractivity contribution in [2.45, 2.75) is 64.8 Å². The first-order valence-electron chi connectivity index (χ1n) is 7.61. The second kappa shape index (κ2) is 6.19. The van der Waals surface area contributed by atoms with Gasteiger partial charge in [-0.1, -0.05) is 33.1 Å². The number of likely N-dealkylation sites (tertiary alicyclic amines) is 1. The van der Waals surface area contributed by atoms with Crippen LogP contribution in [0.2, 0.25) is 0 Å². The molecular formula is C15H30N2. The van der Waals surface area contributed by atoms with Gasteiger partial charge in [-0.15, -0.1) is 0 Å². The molecule has 0 amide bonds. The standard InChI is InChI=1S/C15H30N2/c1-15(2)8-11-17(12-9-15)13-10-16-14-6-4-3-5-7-14/h14,16H,3-13H2,1-2H3. The zero-order valence-corrected chi connectivity index (χ0v) is 11.8. The van der Waals surface area contributed by atoms with Gasteiger partial charge in [-0.2, -0.15) is 0 Å². The van der Waals surface area contributed by atoms with Gasteiger partial charge in [0.05, 0.1) is 0 Å². The highest BCUT2D eigenvalue weighted by molar-refractivity contribution is 4.79. The maximum atomic E-state index is 3.75. The molecule has 100 valence electrons. The predicted molar refractivity (Wildman–Crippen MR) is 74.3 cm³/mol. The molecule has 1 saturated heterocycles. The van der Waals surface area contributed by atoms with Crippen LogP contribution in [0.15, 0.2) is 0 Å². The van der Waals surface area contributed by atoms with Gasteiger partial charge in [-0.3, -0.25) is 0 Å². The highest BCUT2D eigenvalue weighted by atomic mass is 15.1. The van der Waals surface area contributed by atoms with E-state index in [9.17, 15) is 0 Å². The average molecular weight is 238 g/mol. The molecule has 0 unspecified atom stereocenters. The zero-order chi connectivity index (χ0) is 12.1. The van der Waals surface area contributed by atoms with E-state index >= 15 is 0 Å². The van der Waals surface area contributed by atoms with Gasteiger partial charge >= 0.3 is 0 Å². The van der Waals surface area contributed by atoms with Crippen LogP contribution in [0.3, 0.4) is 0 Å². The van der Waals surface area contributed by atoms with E-state index in [0.29, 0.717) is 5.41 Å². The van der Waals surface area contributed by atoms with E-state index in [4.69, 9.17) is 0 Å². The van der Waals surface area contributed by atoms with Gasteiger partial charge in [-0.25, -0.2) is 0 Å². The summed E-state index contributed by atoms with van der Waals surface area (Å²) in [6, 6.07) is 0.824. The Morgan fingerprint density at radius 1 is 1.06 bits per heavy atom. The number of hydrogen-bond acceptors (Lipinski definition) is 2. The van der Waals surface area contributed by atoms with Crippen LogP contribution in [-0.2, 0) is 0 Å². The second-order valence-corrected chi connectivity index (χ2v) is 6.79. The Morgan fingerprint density at radius 2 is 1.71 bits per heavy atom. The van der Waals surface area contributed by atoms with Gasteiger partial charge in [0.2, 0.25) is 0 Å². The van der Waals surface area contributed by atoms with Crippen LogP contribution in [-0.4, -0.2) is 37.1 Å². The van der Waals surface area contributed by atoms with Gasteiger partial charge in [0.25, 0.3) is 0 Å². The first-order valence-corrected chi connectivity index (χ1v) is 7.61. The molecule has 0 bridgehead atoms. The highest BCUT2D eigenvalue weighted by Gasteiger charge is 2.24. The molecule has 0 radical (unpaired) electrons. The Morgan fingerprint density at radius 3 is 2.35 bits per heavy atom. The van der Waals surface area contributed by atoms with Crippen LogP contribution in [0.4, 0.5) is 0 Å². The van der Waals surface area contributed by atoms with Crippen molar-refractivity contribution in [2.24, 2.45) is 5.41 Å². The highest BCUT2D eigenvalue weighted by Crippen LogP contribution is 2.29. The minimum Gasteiger partial charge on any atom is -0.313 e. The quantitative estimate of drug-likeness (QED) is 0.810. The number of hydrogen-bond donors (Lipinski definition) is 1. The zero-order valence-electron chi connectivity index (χ0n) is 11.8. The molecule has 1 heterocycles. The van der Waals surface area contributed by atoms with Crippen LogP contribution in [0.1, 0.15) is 58.8 Å². The predicted octanol–water partition coefficient (Wildman–Crippen LogP) is 3.03. The third kappa shape index (κ3) is 4.59. The van der Waals surface area contributed by atoms with E-state index in [1.807, 2.05) is 0 Å². The molecule has 2 fully saturated rings. The van der Waals surface area contributed by atoms with Gasteiger partial charge in [0, 0.05) is 19.1 Å². The molecule has 1 aliphatic carbocycles. The minimum atomic E-state index is 0.591. The average Bonchev–Trinajstić information content (AvgIpc) is 2.33. The molecule has 0 aromatic heterocycles. The van der Waals surface area contributed by atoms with Crippen LogP contribution in [0.25, 0.3) is 0 Å². The Labute approximate surface area is 107 Å². The monoisotopic (exact) mass is 238 g/mol. The van der Waals surface area contributed by atoms with E-state index in [0.717, 1.165) is 6.04 Å². The molecule has 1 N–H and O–H groups in total. The van der Waals surface area contributed by atoms with E-state index in [-0.39, 0.29) is 0 Å². The summed E-state index contributed by atoms with van der Waals surface area (Å²) >= 11 is 0. The van der Waals surface area contributed by atoms with Crippen molar-refractivity contribution >= 4 is 0 Å². The van der Waals surface area contributed by atoms with Crippen molar-refractivity contribution in [2.75, 3.05) is 26.2 Å². The Hall–Kier alpha value is -0.0800. The van der Waals surface area contributed by atoms with E-state index in [2.05, 4.69) is 24.1 Å². The summed E-state index contributed by atoms with van der Waals surface area (Å²) in [4.78, 5) is 2.64. The second-order valence-electron chi connectivity index (χ2n) is 6.79. The van der Waals surface area contributed by atoms with Crippen molar-refractivity contribution in [1.29, 1.82) is 0 Å². The molecule has 2 heteroatoms. The topological polar surface area (TPSA) is 15.3 Å². The van der Waals surface area contributed by atoms with Crippen molar-refractivity contribution < 1.29 is 0 Å². The molecule has 2 aliphatic rings. The van der Waals surface area contributed by atoms with E-state index in [1.165, 1.54) is 71.1 Å². The lowest BCUT2D eigenvalue weighted by Gasteiger charge is -2.37. The molecular weight excluding hydrogens is 208 g/mol. The van der Waals surface area contributed by atoms with E-state index < -0.39 is 0 Å². The van der Waals surface area contributed by atoms with Crippen molar-refractivity contribution in [3.8, 4) is 0 Å². The lowest BCUT2D eigenvalue weighted by Crippen LogP contribution is -2.42. The molecule has 2 nitrogen and oxygen atoms in total. The number of nitrogens with zero attached hydrogens (tertiary/aromatic N) is 1. The molecule has 1 saturated carbocycles. The molecule has 0 aromatic carbocycles. The molecule has 2 rings (SSSR count). The molecule has 17 heavy (non-hydrogen) atoms. The summed E-state index contributed by atoms with van der Waals surface area (Å²) in [6.07, 6.45) is 9.90. The summed E-state index contributed by atoms with van der Waals surface area (Å²) in [5.74, 6) is 0. The number of rotatable bonds is 4. The van der Waals surface area contributed by atoms with Gasteiger partial charge < -0.3 is 10.2 Å². The largest absolute Gasteiger partial charge is 0.313 e. The van der Waals surface area contributed by atoms with Crippen molar-refractivity contribution in [3.05, 3.63) is 0 Å². The molecule has 1 aliphatic heterocycles. The maximum Gasteiger partial charge on any atom is 0.0107 e. The first kappa shape index (κ1) is 13.4. The van der Waals surface area contributed by atoms with Crippen LogP contribution >= 0.6 is 0 Å². The maximum absolute atomic E-state index is 3.75. The lowest BCUT2D eigenvalue weighted by molar-refractivity contribution is 0.132. The summed E-state index contributed by atoms with van der Waals surface area (Å²) < 4.78 is 0. The fraction of sp³-hybridized carbons (Fsp3) is 1.00. The van der Waals surface area contributed by atoms with Crippen molar-refractivity contribution in [1.82, 2.24) is 10.2 Å². The Balaban J connectivity index is 1.56. The van der Waals surface area contributed by atoms with Gasteiger partial charge in [0.15, 0.2) is 0 Å². The summed E-state index contributed by atoms with van der Waals surface area (Å²) in [5.41, 5.74) is 0.591. The fourth-order valence-corrected chi connectivity index (χ4v) is 3.12. The van der Waals surface area contributed by atoms with Gasteiger partial charge in [0.1, 0.15) is 0 Å². The fourth-order valence-electron chi connectivity index (χ4n) is 3.12. The van der Waals surface area contributed by atoms with Crippen molar-refractivity contribution in [3.63, 3.8) is 0 Å². The molecule has 0 aromatic rings. The summed E-state index contributed by atoms with van der Waals surface area (Å²) in [7, 11) is 0. The minimum absolute atomic E-state index is 0.591. The first-order chi connectivity index (χ1) is 8.16. The third-order valence-electron chi connectivity index (χ3n) is 4.68. The van der Waals surface area contributed by atoms with Crippen LogP contribution < -0.4 is 5.32 Å². The normalized spacial score (nSPS) is 27.2. The van der Waals surface area contributed by atoms with Gasteiger partial charge in [-0.05, 0) is 44.2 Å². The molecule has 0 atom stereocenters. The summed E-state index contributed by atoms with van der Waals surface area (Å²) in [5, 5.41) is 3.75. The van der Waals surface area contributed by atoms with E-state index in [1.54, 1.807) is 0 Å². The lowest BCUT2D eigenvalue weighted by atomic mass is 9.83. The Bertz CT molecular complexity index is 209. The Kier molecular flexibility index (Phi) is 4.87.